The van der Waals surface area contributed by atoms with E-state index in [0.29, 0.717) is 12.2 Å². The van der Waals surface area contributed by atoms with Gasteiger partial charge in [-0.1, -0.05) is 33.5 Å². The summed E-state index contributed by atoms with van der Waals surface area (Å²) >= 11 is 0. The monoisotopic (exact) mass is 471 g/mol. The average molecular weight is 472 g/mol. The summed E-state index contributed by atoms with van der Waals surface area (Å²) in [7, 11) is -1.26. The number of fused-ring (bicyclic) bond motifs is 1. The third-order valence-corrected chi connectivity index (χ3v) is 6.99. The first-order valence-corrected chi connectivity index (χ1v) is 14.9. The average Bonchev–Trinajstić information content (AvgIpc) is 3.35. The first-order valence-electron chi connectivity index (χ1n) is 11.2. The van der Waals surface area contributed by atoms with Gasteiger partial charge in [-0.2, -0.15) is 10.2 Å². The lowest BCUT2D eigenvalue weighted by molar-refractivity contribution is -0.137. The highest BCUT2D eigenvalue weighted by atomic mass is 28.3. The number of Topliss-reactive ketones (excluding diaryl/α,β-unsaturated/α-hetero) is 1. The van der Waals surface area contributed by atoms with Crippen molar-refractivity contribution in [1.29, 1.82) is 0 Å². The molecule has 0 unspecified atom stereocenters. The van der Waals surface area contributed by atoms with Gasteiger partial charge in [-0.3, -0.25) is 4.79 Å². The molecular weight excluding hydrogens is 438 g/mol. The fourth-order valence-electron chi connectivity index (χ4n) is 3.63. The Kier molecular flexibility index (Phi) is 7.48. The van der Waals surface area contributed by atoms with Crippen LogP contribution >= 0.6 is 0 Å². The molecule has 0 aromatic carbocycles. The third-order valence-electron chi connectivity index (χ3n) is 5.28. The van der Waals surface area contributed by atoms with Gasteiger partial charge in [-0.25, -0.2) is 19.0 Å². The van der Waals surface area contributed by atoms with Gasteiger partial charge < -0.3 is 9.47 Å². The number of hydrogen-bond acceptors (Lipinski definition) is 7. The molecule has 178 valence electrons. The van der Waals surface area contributed by atoms with Crippen molar-refractivity contribution in [2.45, 2.75) is 66.0 Å². The van der Waals surface area contributed by atoms with Gasteiger partial charge in [0.25, 0.3) is 5.78 Å². The normalized spacial score (nSPS) is 12.0. The minimum absolute atomic E-state index is 0.0733. The van der Waals surface area contributed by atoms with E-state index in [0.717, 1.165) is 28.5 Å². The maximum Gasteiger partial charge on any atom is 0.381 e. The Labute approximate surface area is 195 Å². The Balaban J connectivity index is 2.12. The number of esters is 1. The molecule has 0 saturated heterocycles. The highest BCUT2D eigenvalue weighted by Gasteiger charge is 2.31. The van der Waals surface area contributed by atoms with E-state index in [1.54, 1.807) is 16.1 Å². The van der Waals surface area contributed by atoms with Gasteiger partial charge in [0.1, 0.15) is 18.8 Å². The number of aromatic nitrogens is 5. The molecular formula is C23H33N5O4Si. The number of pyridine rings is 1. The number of nitrogens with zero attached hydrogens (tertiary/aromatic N) is 5. The van der Waals surface area contributed by atoms with Gasteiger partial charge in [0.05, 0.1) is 12.3 Å². The molecule has 0 aliphatic carbocycles. The van der Waals surface area contributed by atoms with Crippen LogP contribution in [0, 0.1) is 6.92 Å². The highest BCUT2D eigenvalue weighted by molar-refractivity contribution is 6.76. The lowest BCUT2D eigenvalue weighted by Crippen LogP contribution is -2.22. The van der Waals surface area contributed by atoms with Crippen LogP contribution < -0.4 is 0 Å². The number of carbonyl (C=O) groups excluding carboxylic acids is 2. The maximum absolute atomic E-state index is 12.9. The summed E-state index contributed by atoms with van der Waals surface area (Å²) in [6, 6.07) is 3.00. The minimum Gasteiger partial charge on any atom is -0.460 e. The van der Waals surface area contributed by atoms with Crippen LogP contribution in [-0.2, 0) is 21.0 Å². The Morgan fingerprint density at radius 1 is 1.21 bits per heavy atom. The molecule has 0 aliphatic rings. The number of aryl methyl sites for hydroxylation is 1. The van der Waals surface area contributed by atoms with E-state index in [2.05, 4.69) is 34.8 Å². The molecule has 3 aromatic rings. The number of hydrogen-bond donors (Lipinski definition) is 0. The molecule has 0 atom stereocenters. The SMILES string of the molecule is CCOC(=O)C(=O)c1nn(COCC[Si](C)(C)C)c(-c2cc(C)c3ncnn3c2)c1C(C)C. The zero-order valence-corrected chi connectivity index (χ0v) is 21.5. The van der Waals surface area contributed by atoms with E-state index in [1.807, 2.05) is 33.0 Å². The molecule has 33 heavy (non-hydrogen) atoms. The molecule has 0 N–H and O–H groups in total. The summed E-state index contributed by atoms with van der Waals surface area (Å²) < 4.78 is 14.3. The summed E-state index contributed by atoms with van der Waals surface area (Å²) in [6.07, 6.45) is 3.36. The van der Waals surface area contributed by atoms with Crippen molar-refractivity contribution in [3.63, 3.8) is 0 Å². The number of ketones is 1. The molecule has 10 heteroatoms. The second-order valence-electron chi connectivity index (χ2n) is 9.60. The minimum atomic E-state index is -1.26. The molecule has 0 radical (unpaired) electrons. The predicted molar refractivity (Wildman–Crippen MR) is 128 cm³/mol. The quantitative estimate of drug-likeness (QED) is 0.144. The first kappa shape index (κ1) is 24.8. The fourth-order valence-corrected chi connectivity index (χ4v) is 4.39. The Morgan fingerprint density at radius 3 is 2.58 bits per heavy atom. The van der Waals surface area contributed by atoms with Crippen molar-refractivity contribution in [3.8, 4) is 11.3 Å². The van der Waals surface area contributed by atoms with Crippen molar-refractivity contribution >= 4 is 25.5 Å². The van der Waals surface area contributed by atoms with Crippen molar-refractivity contribution in [1.82, 2.24) is 24.4 Å². The van der Waals surface area contributed by atoms with E-state index >= 15 is 0 Å². The van der Waals surface area contributed by atoms with Gasteiger partial charge >= 0.3 is 5.97 Å². The van der Waals surface area contributed by atoms with Crippen LogP contribution in [0.2, 0.25) is 25.7 Å². The highest BCUT2D eigenvalue weighted by Crippen LogP contribution is 2.33. The molecule has 9 nitrogen and oxygen atoms in total. The van der Waals surface area contributed by atoms with E-state index < -0.39 is 19.8 Å². The molecule has 3 aromatic heterocycles. The molecule has 3 heterocycles. The van der Waals surface area contributed by atoms with Crippen LogP contribution in [0.25, 0.3) is 16.9 Å². The van der Waals surface area contributed by atoms with Crippen LogP contribution in [0.4, 0.5) is 0 Å². The maximum atomic E-state index is 12.9. The first-order chi connectivity index (χ1) is 15.5. The van der Waals surface area contributed by atoms with Gasteiger partial charge in [0.15, 0.2) is 5.65 Å². The number of rotatable bonds is 10. The summed E-state index contributed by atoms with van der Waals surface area (Å²) in [5, 5.41) is 8.82. The zero-order valence-electron chi connectivity index (χ0n) is 20.5. The lowest BCUT2D eigenvalue weighted by Gasteiger charge is -2.16. The third kappa shape index (κ3) is 5.56. The Morgan fingerprint density at radius 2 is 1.94 bits per heavy atom. The topological polar surface area (TPSA) is 101 Å². The Bertz CT molecular complexity index is 1160. The zero-order chi connectivity index (χ0) is 24.3. The van der Waals surface area contributed by atoms with E-state index in [1.165, 1.54) is 6.33 Å². The van der Waals surface area contributed by atoms with Gasteiger partial charge in [-0.15, -0.1) is 0 Å². The number of ether oxygens (including phenoxy) is 2. The van der Waals surface area contributed by atoms with E-state index in [9.17, 15) is 9.59 Å². The van der Waals surface area contributed by atoms with Crippen LogP contribution in [-0.4, -0.2) is 57.4 Å². The molecule has 0 amide bonds. The molecule has 0 fully saturated rings. The fraction of sp³-hybridized carbons (Fsp3) is 0.522. The largest absolute Gasteiger partial charge is 0.460 e. The van der Waals surface area contributed by atoms with Crippen LogP contribution in [0.5, 0.6) is 0 Å². The van der Waals surface area contributed by atoms with Gasteiger partial charge in [0.2, 0.25) is 0 Å². The van der Waals surface area contributed by atoms with Crippen molar-refractivity contribution in [2.75, 3.05) is 13.2 Å². The molecule has 0 bridgehead atoms. The summed E-state index contributed by atoms with van der Waals surface area (Å²) in [5.74, 6) is -1.73. The van der Waals surface area contributed by atoms with Crippen molar-refractivity contribution in [3.05, 3.63) is 35.4 Å². The van der Waals surface area contributed by atoms with Crippen molar-refractivity contribution in [2.24, 2.45) is 0 Å². The predicted octanol–water partition coefficient (Wildman–Crippen LogP) is 4.08. The summed E-state index contributed by atoms with van der Waals surface area (Å²) in [4.78, 5) is 29.5. The second kappa shape index (κ2) is 9.96. The van der Waals surface area contributed by atoms with Gasteiger partial charge in [-0.05, 0) is 37.4 Å². The molecule has 0 saturated carbocycles. The van der Waals surface area contributed by atoms with Crippen LogP contribution in [0.1, 0.15) is 48.3 Å². The lowest BCUT2D eigenvalue weighted by atomic mass is 9.95. The molecule has 3 rings (SSSR count). The van der Waals surface area contributed by atoms with Crippen LogP contribution in [0.3, 0.4) is 0 Å². The smallest absolute Gasteiger partial charge is 0.381 e. The molecule has 0 aliphatic heterocycles. The molecule has 0 spiro atoms. The summed E-state index contributed by atoms with van der Waals surface area (Å²) in [5.41, 5.74) is 4.02. The number of carbonyl (C=O) groups is 2. The van der Waals surface area contributed by atoms with E-state index in [4.69, 9.17) is 9.47 Å². The van der Waals surface area contributed by atoms with E-state index in [-0.39, 0.29) is 24.9 Å². The van der Waals surface area contributed by atoms with Crippen LogP contribution in [0.15, 0.2) is 18.6 Å². The second-order valence-corrected chi connectivity index (χ2v) is 15.2. The van der Waals surface area contributed by atoms with Gasteiger partial charge in [0, 0.05) is 32.0 Å². The summed E-state index contributed by atoms with van der Waals surface area (Å²) in [6.45, 7) is 15.3. The van der Waals surface area contributed by atoms with Crippen molar-refractivity contribution < 1.29 is 19.1 Å². The standard InChI is InChI=1S/C23H33N5O4Si/c1-8-32-23(30)21(29)19-18(15(2)3)20(28(26-19)14-31-9-10-33(5,6)7)17-11-16(4)22-24-13-25-27(22)12-17/h11-13,15H,8-10,14H2,1-7H3. The Hall–Kier alpha value is -2.85.